The summed E-state index contributed by atoms with van der Waals surface area (Å²) < 4.78 is 2.43. The number of hydrogen-bond donors (Lipinski definition) is 0. The van der Waals surface area contributed by atoms with Gasteiger partial charge >= 0.3 is 0 Å². The van der Waals surface area contributed by atoms with Crippen molar-refractivity contribution in [3.05, 3.63) is 93.5 Å². The van der Waals surface area contributed by atoms with Crippen LogP contribution >= 0.6 is 23.2 Å². The highest BCUT2D eigenvalue weighted by molar-refractivity contribution is 6.42. The van der Waals surface area contributed by atoms with Gasteiger partial charge in [-0.3, -0.25) is 4.79 Å². The molecule has 1 fully saturated rings. The maximum Gasteiger partial charge on any atom is 0.253 e. The number of anilines is 1. The second-order valence-corrected chi connectivity index (χ2v) is 13.0. The van der Waals surface area contributed by atoms with E-state index in [1.54, 1.807) is 0 Å². The van der Waals surface area contributed by atoms with E-state index in [9.17, 15) is 4.79 Å². The first-order valence-corrected chi connectivity index (χ1v) is 16.8. The molecular weight excluding hydrogens is 589 g/mol. The first kappa shape index (κ1) is 32.3. The molecule has 1 aliphatic rings. The lowest BCUT2D eigenvalue weighted by atomic mass is 9.94. The molecule has 0 bridgehead atoms. The van der Waals surface area contributed by atoms with Gasteiger partial charge in [-0.05, 0) is 81.2 Å². The summed E-state index contributed by atoms with van der Waals surface area (Å²) in [6.45, 7) is 10.8. The van der Waals surface area contributed by atoms with Gasteiger partial charge in [0.15, 0.2) is 0 Å². The molecule has 1 aliphatic heterocycles. The van der Waals surface area contributed by atoms with Crippen molar-refractivity contribution in [3.63, 3.8) is 0 Å². The molecule has 0 N–H and O–H groups in total. The summed E-state index contributed by atoms with van der Waals surface area (Å²) in [5.41, 5.74) is 5.27. The van der Waals surface area contributed by atoms with Gasteiger partial charge in [0, 0.05) is 51.3 Å². The van der Waals surface area contributed by atoms with Crippen LogP contribution in [0.3, 0.4) is 0 Å². The quantitative estimate of drug-likeness (QED) is 0.147. The van der Waals surface area contributed by atoms with Crippen LogP contribution in [0.15, 0.2) is 66.7 Å². The van der Waals surface area contributed by atoms with Gasteiger partial charge in [0.05, 0.1) is 21.1 Å². The molecule has 2 heterocycles. The number of imidazole rings is 1. The molecule has 0 radical (unpaired) electrons. The molecule has 1 aromatic heterocycles. The number of amides is 1. The van der Waals surface area contributed by atoms with E-state index in [4.69, 9.17) is 28.2 Å². The Hall–Kier alpha value is -3.06. The number of carbonyl (C=O) groups excluding carboxylic acids is 1. The summed E-state index contributed by atoms with van der Waals surface area (Å²) in [5.74, 6) is 1.27. The number of rotatable bonds is 12. The zero-order chi connectivity index (χ0) is 31.1. The van der Waals surface area contributed by atoms with Crippen LogP contribution in [-0.2, 0) is 6.54 Å². The standard InChI is InChI=1S/C36H45Cl2N5O/c1-4-5-8-21-43-34-11-7-6-10-33(34)39-36(43)42-20-9-19-41(23-24-42)22-18-30(29-16-17-31(37)32(38)25-29)26-40(3)35(44)28-14-12-27(2)13-15-28/h6-7,10-17,25,30H,4-5,8-9,18-24,26H2,1-3H3. The van der Waals surface area contributed by atoms with Crippen molar-refractivity contribution in [1.82, 2.24) is 19.4 Å². The fourth-order valence-corrected chi connectivity index (χ4v) is 6.54. The van der Waals surface area contributed by atoms with Crippen molar-refractivity contribution in [2.24, 2.45) is 0 Å². The lowest BCUT2D eigenvalue weighted by Gasteiger charge is -2.28. The summed E-state index contributed by atoms with van der Waals surface area (Å²) in [6, 6.07) is 22.2. The number of halogens is 2. The molecule has 1 unspecified atom stereocenters. The second kappa shape index (κ2) is 15.3. The fraction of sp³-hybridized carbons (Fsp3) is 0.444. The Morgan fingerprint density at radius 3 is 2.50 bits per heavy atom. The normalized spacial score (nSPS) is 15.0. The predicted molar refractivity (Wildman–Crippen MR) is 184 cm³/mol. The monoisotopic (exact) mass is 633 g/mol. The number of likely N-dealkylation sites (N-methyl/N-ethyl adjacent to an activating group) is 1. The summed E-state index contributed by atoms with van der Waals surface area (Å²) in [6.07, 6.45) is 5.60. The number of benzene rings is 3. The van der Waals surface area contributed by atoms with Gasteiger partial charge in [-0.1, -0.05) is 78.9 Å². The summed E-state index contributed by atoms with van der Waals surface area (Å²) in [5, 5.41) is 1.10. The van der Waals surface area contributed by atoms with E-state index in [2.05, 4.69) is 51.6 Å². The number of carbonyl (C=O) groups is 1. The van der Waals surface area contributed by atoms with Crippen LogP contribution in [0.25, 0.3) is 11.0 Å². The van der Waals surface area contributed by atoms with Crippen LogP contribution in [0, 0.1) is 6.92 Å². The lowest BCUT2D eigenvalue weighted by molar-refractivity contribution is 0.0782. The van der Waals surface area contributed by atoms with Gasteiger partial charge in [-0.25, -0.2) is 4.98 Å². The highest BCUT2D eigenvalue weighted by atomic mass is 35.5. The molecule has 44 heavy (non-hydrogen) atoms. The zero-order valence-corrected chi connectivity index (χ0v) is 27.8. The van der Waals surface area contributed by atoms with Crippen LogP contribution in [-0.4, -0.2) is 71.6 Å². The van der Waals surface area contributed by atoms with Crippen LogP contribution in [0.5, 0.6) is 0 Å². The third-order valence-corrected chi connectivity index (χ3v) is 9.58. The summed E-state index contributed by atoms with van der Waals surface area (Å²) in [4.78, 5) is 25.3. The third kappa shape index (κ3) is 7.96. The zero-order valence-electron chi connectivity index (χ0n) is 26.3. The molecule has 6 nitrogen and oxygen atoms in total. The number of aromatic nitrogens is 2. The number of para-hydroxylation sites is 2. The Bertz CT molecular complexity index is 1540. The second-order valence-electron chi connectivity index (χ2n) is 12.2. The maximum atomic E-state index is 13.3. The molecular formula is C36H45Cl2N5O. The minimum Gasteiger partial charge on any atom is -0.341 e. The molecule has 1 amide bonds. The van der Waals surface area contributed by atoms with E-state index < -0.39 is 0 Å². The molecule has 5 rings (SSSR count). The van der Waals surface area contributed by atoms with Gasteiger partial charge in [0.25, 0.3) is 5.91 Å². The Labute approximate surface area is 272 Å². The number of nitrogens with zero attached hydrogens (tertiary/aromatic N) is 5. The lowest BCUT2D eigenvalue weighted by Crippen LogP contribution is -2.35. The molecule has 0 spiro atoms. The Morgan fingerprint density at radius 1 is 0.932 bits per heavy atom. The Morgan fingerprint density at radius 2 is 1.73 bits per heavy atom. The van der Waals surface area contributed by atoms with Crippen LogP contribution < -0.4 is 4.90 Å². The number of hydrogen-bond acceptors (Lipinski definition) is 4. The fourth-order valence-electron chi connectivity index (χ4n) is 6.24. The topological polar surface area (TPSA) is 44.6 Å². The molecule has 1 saturated heterocycles. The van der Waals surface area contributed by atoms with Crippen LogP contribution in [0.4, 0.5) is 5.95 Å². The average Bonchev–Trinajstić information content (AvgIpc) is 3.22. The van der Waals surface area contributed by atoms with E-state index in [1.165, 1.54) is 24.8 Å². The molecule has 4 aromatic rings. The van der Waals surface area contributed by atoms with Crippen molar-refractivity contribution in [3.8, 4) is 0 Å². The van der Waals surface area contributed by atoms with E-state index in [-0.39, 0.29) is 11.8 Å². The average molecular weight is 635 g/mol. The Balaban J connectivity index is 1.27. The van der Waals surface area contributed by atoms with E-state index in [0.29, 0.717) is 22.2 Å². The van der Waals surface area contributed by atoms with Gasteiger partial charge in [-0.2, -0.15) is 0 Å². The molecule has 8 heteroatoms. The number of aryl methyl sites for hydroxylation is 2. The molecule has 1 atom stereocenters. The highest BCUT2D eigenvalue weighted by Crippen LogP contribution is 2.30. The molecule has 234 valence electrons. The van der Waals surface area contributed by atoms with E-state index >= 15 is 0 Å². The largest absolute Gasteiger partial charge is 0.341 e. The van der Waals surface area contributed by atoms with Crippen molar-refractivity contribution < 1.29 is 4.79 Å². The van der Waals surface area contributed by atoms with Crippen molar-refractivity contribution in [2.45, 2.75) is 58.4 Å². The SMILES string of the molecule is CCCCCn1c(N2CCCN(CCC(CN(C)C(=O)c3ccc(C)cc3)c3ccc(Cl)c(Cl)c3)CC2)nc2ccccc21. The van der Waals surface area contributed by atoms with Crippen molar-refractivity contribution in [2.75, 3.05) is 51.2 Å². The minimum absolute atomic E-state index is 0.0299. The molecule has 0 saturated carbocycles. The van der Waals surface area contributed by atoms with Gasteiger partial charge in [0.2, 0.25) is 5.95 Å². The molecule has 0 aliphatic carbocycles. The van der Waals surface area contributed by atoms with Crippen LogP contribution in [0.2, 0.25) is 10.0 Å². The smallest absolute Gasteiger partial charge is 0.253 e. The van der Waals surface area contributed by atoms with Gasteiger partial charge in [0.1, 0.15) is 0 Å². The Kier molecular flexibility index (Phi) is 11.2. The van der Waals surface area contributed by atoms with E-state index in [0.717, 1.165) is 74.7 Å². The number of fused-ring (bicyclic) bond motifs is 1. The maximum absolute atomic E-state index is 13.3. The van der Waals surface area contributed by atoms with Crippen molar-refractivity contribution in [1.29, 1.82) is 0 Å². The van der Waals surface area contributed by atoms with Gasteiger partial charge < -0.3 is 19.3 Å². The first-order chi connectivity index (χ1) is 21.3. The third-order valence-electron chi connectivity index (χ3n) is 8.84. The molecule has 3 aromatic carbocycles. The van der Waals surface area contributed by atoms with E-state index in [1.807, 2.05) is 55.3 Å². The predicted octanol–water partition coefficient (Wildman–Crippen LogP) is 8.30. The highest BCUT2D eigenvalue weighted by Gasteiger charge is 2.24. The van der Waals surface area contributed by atoms with Crippen molar-refractivity contribution >= 4 is 46.1 Å². The summed E-state index contributed by atoms with van der Waals surface area (Å²) >= 11 is 12.7. The first-order valence-electron chi connectivity index (χ1n) is 16.0. The van der Waals surface area contributed by atoms with Crippen LogP contribution in [0.1, 0.15) is 66.4 Å². The number of unbranched alkanes of at least 4 members (excludes halogenated alkanes) is 2. The minimum atomic E-state index is 0.0299. The summed E-state index contributed by atoms with van der Waals surface area (Å²) in [7, 11) is 1.89. The van der Waals surface area contributed by atoms with Gasteiger partial charge in [-0.15, -0.1) is 0 Å².